The van der Waals surface area contributed by atoms with Gasteiger partial charge in [0.15, 0.2) is 0 Å². The number of fused-ring (bicyclic) bond motifs is 2. The molecule has 0 aliphatic heterocycles. The third kappa shape index (κ3) is 3.55. The average molecular weight is 315 g/mol. The number of nitrogens with two attached hydrogens (primary N) is 1. The molecular formula is C18H25N3O2. The maximum atomic E-state index is 12.4. The molecule has 4 N–H and O–H groups in total. The van der Waals surface area contributed by atoms with Crippen LogP contribution in [0.2, 0.25) is 0 Å². The number of carbonyl (C=O) groups is 2. The standard InChI is InChI=1S/C18H25N3O2/c1-11(22)21-15-6-2-12(3-7-15)8-9-20-18(23)16-13-4-5-14(10-13)17(16)19/h2-3,6-7,13-14,16-17H,4-5,8-10,19H2,1H3,(H,20,23)(H,21,22). The van der Waals surface area contributed by atoms with Crippen molar-refractivity contribution in [2.24, 2.45) is 23.5 Å². The molecule has 4 unspecified atom stereocenters. The quantitative estimate of drug-likeness (QED) is 0.773. The van der Waals surface area contributed by atoms with Gasteiger partial charge in [0.25, 0.3) is 0 Å². The van der Waals surface area contributed by atoms with Crippen LogP contribution in [0.1, 0.15) is 31.7 Å². The molecule has 2 fully saturated rings. The number of anilines is 1. The molecule has 0 aromatic heterocycles. The smallest absolute Gasteiger partial charge is 0.224 e. The molecular weight excluding hydrogens is 290 g/mol. The molecule has 0 heterocycles. The van der Waals surface area contributed by atoms with Gasteiger partial charge in [0.1, 0.15) is 0 Å². The third-order valence-electron chi connectivity index (χ3n) is 5.27. The predicted octanol–water partition coefficient (Wildman–Crippen LogP) is 1.68. The van der Waals surface area contributed by atoms with Crippen molar-refractivity contribution in [3.63, 3.8) is 0 Å². The lowest BCUT2D eigenvalue weighted by Gasteiger charge is -2.27. The van der Waals surface area contributed by atoms with Crippen LogP contribution in [0, 0.1) is 17.8 Å². The molecule has 2 aliphatic rings. The second kappa shape index (κ2) is 6.71. The molecule has 2 saturated carbocycles. The zero-order valence-electron chi connectivity index (χ0n) is 13.5. The largest absolute Gasteiger partial charge is 0.355 e. The summed E-state index contributed by atoms with van der Waals surface area (Å²) in [6.07, 6.45) is 4.25. The molecule has 1 aromatic carbocycles. The number of carbonyl (C=O) groups excluding carboxylic acids is 2. The minimum Gasteiger partial charge on any atom is -0.355 e. The van der Waals surface area contributed by atoms with E-state index in [1.807, 2.05) is 24.3 Å². The van der Waals surface area contributed by atoms with Crippen LogP contribution in [0.3, 0.4) is 0 Å². The molecule has 124 valence electrons. The number of rotatable bonds is 5. The van der Waals surface area contributed by atoms with Gasteiger partial charge in [0.2, 0.25) is 11.8 Å². The van der Waals surface area contributed by atoms with Gasteiger partial charge in [-0.25, -0.2) is 0 Å². The van der Waals surface area contributed by atoms with Crippen molar-refractivity contribution in [3.05, 3.63) is 29.8 Å². The summed E-state index contributed by atoms with van der Waals surface area (Å²) < 4.78 is 0. The van der Waals surface area contributed by atoms with Crippen molar-refractivity contribution in [2.75, 3.05) is 11.9 Å². The van der Waals surface area contributed by atoms with Crippen LogP contribution in [-0.2, 0) is 16.0 Å². The Morgan fingerprint density at radius 1 is 1.17 bits per heavy atom. The summed E-state index contributed by atoms with van der Waals surface area (Å²) in [7, 11) is 0. The van der Waals surface area contributed by atoms with Gasteiger partial charge < -0.3 is 16.4 Å². The zero-order chi connectivity index (χ0) is 16.4. The summed E-state index contributed by atoms with van der Waals surface area (Å²) in [5, 5.41) is 5.79. The van der Waals surface area contributed by atoms with Crippen LogP contribution >= 0.6 is 0 Å². The van der Waals surface area contributed by atoms with Gasteiger partial charge in [-0.1, -0.05) is 12.1 Å². The van der Waals surface area contributed by atoms with Crippen molar-refractivity contribution in [3.8, 4) is 0 Å². The van der Waals surface area contributed by atoms with Gasteiger partial charge in [-0.2, -0.15) is 0 Å². The Hall–Kier alpha value is -1.88. The summed E-state index contributed by atoms with van der Waals surface area (Å²) in [6.45, 7) is 2.11. The molecule has 1 aromatic rings. The van der Waals surface area contributed by atoms with Crippen molar-refractivity contribution >= 4 is 17.5 Å². The van der Waals surface area contributed by atoms with Crippen LogP contribution < -0.4 is 16.4 Å². The third-order valence-corrected chi connectivity index (χ3v) is 5.27. The first kappa shape index (κ1) is 16.0. The molecule has 4 atom stereocenters. The van der Waals surface area contributed by atoms with Gasteiger partial charge in [0, 0.05) is 25.2 Å². The summed E-state index contributed by atoms with van der Waals surface area (Å²) >= 11 is 0. The maximum absolute atomic E-state index is 12.4. The molecule has 3 rings (SSSR count). The summed E-state index contributed by atoms with van der Waals surface area (Å²) in [5.41, 5.74) is 8.13. The Morgan fingerprint density at radius 2 is 1.87 bits per heavy atom. The SMILES string of the molecule is CC(=O)Nc1ccc(CCNC(=O)C2C3CCC(C3)C2N)cc1. The second-order valence-corrected chi connectivity index (χ2v) is 6.86. The Balaban J connectivity index is 1.46. The molecule has 2 amide bonds. The van der Waals surface area contributed by atoms with Crippen LogP contribution in [0.25, 0.3) is 0 Å². The molecule has 5 nitrogen and oxygen atoms in total. The molecule has 2 aliphatic carbocycles. The lowest BCUT2D eigenvalue weighted by molar-refractivity contribution is -0.127. The fourth-order valence-corrected chi connectivity index (χ4v) is 4.13. The van der Waals surface area contributed by atoms with E-state index in [4.69, 9.17) is 5.73 Å². The van der Waals surface area contributed by atoms with Crippen molar-refractivity contribution in [2.45, 2.75) is 38.6 Å². The van der Waals surface area contributed by atoms with E-state index in [1.54, 1.807) is 0 Å². The number of hydrogen-bond acceptors (Lipinski definition) is 3. The van der Waals surface area contributed by atoms with Crippen molar-refractivity contribution in [1.29, 1.82) is 0 Å². The summed E-state index contributed by atoms with van der Waals surface area (Å²) in [5.74, 6) is 1.10. The minimum absolute atomic E-state index is 0.0101. The van der Waals surface area contributed by atoms with E-state index in [1.165, 1.54) is 13.3 Å². The highest BCUT2D eigenvalue weighted by molar-refractivity contribution is 5.88. The van der Waals surface area contributed by atoms with E-state index in [0.717, 1.165) is 30.5 Å². The predicted molar refractivity (Wildman–Crippen MR) is 89.8 cm³/mol. The van der Waals surface area contributed by atoms with E-state index in [2.05, 4.69) is 10.6 Å². The van der Waals surface area contributed by atoms with E-state index >= 15 is 0 Å². The Bertz CT molecular complexity index is 582. The van der Waals surface area contributed by atoms with Gasteiger partial charge in [-0.3, -0.25) is 9.59 Å². The summed E-state index contributed by atoms with van der Waals surface area (Å²) in [4.78, 5) is 23.4. The van der Waals surface area contributed by atoms with Crippen LogP contribution in [0.4, 0.5) is 5.69 Å². The normalized spacial score (nSPS) is 28.6. The first-order valence-corrected chi connectivity index (χ1v) is 8.44. The monoisotopic (exact) mass is 315 g/mol. The number of nitrogens with one attached hydrogen (secondary N) is 2. The van der Waals surface area contributed by atoms with Gasteiger partial charge in [-0.05, 0) is 55.2 Å². The van der Waals surface area contributed by atoms with E-state index < -0.39 is 0 Å². The van der Waals surface area contributed by atoms with Crippen molar-refractivity contribution in [1.82, 2.24) is 5.32 Å². The highest BCUT2D eigenvalue weighted by atomic mass is 16.2. The fraction of sp³-hybridized carbons (Fsp3) is 0.556. The molecule has 2 bridgehead atoms. The number of amides is 2. The fourth-order valence-electron chi connectivity index (χ4n) is 4.13. The molecule has 0 saturated heterocycles. The van der Waals surface area contributed by atoms with Crippen molar-refractivity contribution < 1.29 is 9.59 Å². The average Bonchev–Trinajstić information content (AvgIpc) is 3.09. The highest BCUT2D eigenvalue weighted by Gasteiger charge is 2.48. The zero-order valence-corrected chi connectivity index (χ0v) is 13.5. The van der Waals surface area contributed by atoms with Crippen LogP contribution in [-0.4, -0.2) is 24.4 Å². The molecule has 5 heteroatoms. The lowest BCUT2D eigenvalue weighted by Crippen LogP contribution is -2.45. The number of benzene rings is 1. The maximum Gasteiger partial charge on any atom is 0.224 e. The van der Waals surface area contributed by atoms with E-state index in [0.29, 0.717) is 18.4 Å². The van der Waals surface area contributed by atoms with Gasteiger partial charge in [-0.15, -0.1) is 0 Å². The van der Waals surface area contributed by atoms with E-state index in [9.17, 15) is 9.59 Å². The molecule has 23 heavy (non-hydrogen) atoms. The molecule has 0 spiro atoms. The number of hydrogen-bond donors (Lipinski definition) is 3. The van der Waals surface area contributed by atoms with Gasteiger partial charge in [0.05, 0.1) is 5.92 Å². The topological polar surface area (TPSA) is 84.2 Å². The first-order valence-electron chi connectivity index (χ1n) is 8.44. The lowest BCUT2D eigenvalue weighted by atomic mass is 9.84. The van der Waals surface area contributed by atoms with E-state index in [-0.39, 0.29) is 23.8 Å². The Morgan fingerprint density at radius 3 is 2.48 bits per heavy atom. The Kier molecular flexibility index (Phi) is 4.66. The minimum atomic E-state index is -0.0767. The second-order valence-electron chi connectivity index (χ2n) is 6.86. The van der Waals surface area contributed by atoms with Crippen LogP contribution in [0.15, 0.2) is 24.3 Å². The first-order chi connectivity index (χ1) is 11.0. The summed E-state index contributed by atoms with van der Waals surface area (Å²) in [6, 6.07) is 7.75. The van der Waals surface area contributed by atoms with Crippen LogP contribution in [0.5, 0.6) is 0 Å². The highest BCUT2D eigenvalue weighted by Crippen LogP contribution is 2.47. The van der Waals surface area contributed by atoms with Gasteiger partial charge >= 0.3 is 0 Å². The Labute approximate surface area is 137 Å². The molecule has 0 radical (unpaired) electrons.